The van der Waals surface area contributed by atoms with E-state index in [4.69, 9.17) is 5.73 Å². The molecule has 2 rings (SSSR count). The van der Waals surface area contributed by atoms with Gasteiger partial charge >= 0.3 is 0 Å². The van der Waals surface area contributed by atoms with E-state index in [1.807, 2.05) is 18.2 Å². The number of carbonyl (C=O) groups is 2. The summed E-state index contributed by atoms with van der Waals surface area (Å²) in [7, 11) is 1.71. The van der Waals surface area contributed by atoms with Crippen molar-refractivity contribution in [1.82, 2.24) is 4.90 Å². The molecule has 0 saturated carbocycles. The van der Waals surface area contributed by atoms with Crippen LogP contribution in [0.4, 0.5) is 5.69 Å². The van der Waals surface area contributed by atoms with E-state index in [9.17, 15) is 9.59 Å². The highest BCUT2D eigenvalue weighted by atomic mass is 16.2. The summed E-state index contributed by atoms with van der Waals surface area (Å²) in [5.41, 5.74) is 8.15. The molecule has 0 aliphatic carbocycles. The zero-order valence-corrected chi connectivity index (χ0v) is 9.69. The Kier molecular flexibility index (Phi) is 3.10. The van der Waals surface area contributed by atoms with E-state index in [0.29, 0.717) is 13.0 Å². The fourth-order valence-corrected chi connectivity index (χ4v) is 1.90. The van der Waals surface area contributed by atoms with Crippen LogP contribution in [0, 0.1) is 0 Å². The van der Waals surface area contributed by atoms with Crippen molar-refractivity contribution in [3.8, 4) is 0 Å². The van der Waals surface area contributed by atoms with Gasteiger partial charge < -0.3 is 16.0 Å². The van der Waals surface area contributed by atoms with Gasteiger partial charge in [0, 0.05) is 19.3 Å². The van der Waals surface area contributed by atoms with Gasteiger partial charge in [-0.15, -0.1) is 0 Å². The molecular formula is C12H15N3O2. The first kappa shape index (κ1) is 11.6. The number of carbonyl (C=O) groups excluding carboxylic acids is 2. The highest BCUT2D eigenvalue weighted by Crippen LogP contribution is 2.24. The van der Waals surface area contributed by atoms with Gasteiger partial charge in [-0.25, -0.2) is 0 Å². The van der Waals surface area contributed by atoms with Crippen LogP contribution in [0.15, 0.2) is 18.2 Å². The van der Waals surface area contributed by atoms with Gasteiger partial charge in [0.25, 0.3) is 0 Å². The molecule has 0 spiro atoms. The Morgan fingerprint density at radius 2 is 2.29 bits per heavy atom. The lowest BCUT2D eigenvalue weighted by molar-refractivity contribution is -0.128. The molecule has 1 aliphatic heterocycles. The number of nitrogens with two attached hydrogens (primary N) is 1. The van der Waals surface area contributed by atoms with Crippen LogP contribution < -0.4 is 11.1 Å². The molecule has 0 aromatic heterocycles. The standard InChI is InChI=1S/C12H15N3O2/c1-15(12(17)6-13)7-8-2-3-10-9(4-8)5-11(16)14-10/h2-4H,5-7,13H2,1H3,(H,14,16). The number of amides is 2. The van der Waals surface area contributed by atoms with E-state index in [0.717, 1.165) is 16.8 Å². The third-order valence-electron chi connectivity index (χ3n) is 2.81. The van der Waals surface area contributed by atoms with Crippen molar-refractivity contribution in [2.45, 2.75) is 13.0 Å². The van der Waals surface area contributed by atoms with Gasteiger partial charge in [0.15, 0.2) is 0 Å². The van der Waals surface area contributed by atoms with E-state index >= 15 is 0 Å². The summed E-state index contributed by atoms with van der Waals surface area (Å²) in [4.78, 5) is 24.1. The fraction of sp³-hybridized carbons (Fsp3) is 0.333. The fourth-order valence-electron chi connectivity index (χ4n) is 1.90. The maximum Gasteiger partial charge on any atom is 0.236 e. The lowest BCUT2D eigenvalue weighted by atomic mass is 10.1. The molecule has 1 aromatic rings. The molecule has 0 unspecified atom stereocenters. The quantitative estimate of drug-likeness (QED) is 0.777. The Labute approximate surface area is 99.6 Å². The summed E-state index contributed by atoms with van der Waals surface area (Å²) in [6, 6.07) is 5.73. The predicted molar refractivity (Wildman–Crippen MR) is 64.3 cm³/mol. The van der Waals surface area contributed by atoms with Gasteiger partial charge in [-0.3, -0.25) is 9.59 Å². The number of nitrogens with zero attached hydrogens (tertiary/aromatic N) is 1. The summed E-state index contributed by atoms with van der Waals surface area (Å²) in [5, 5.41) is 2.77. The number of benzene rings is 1. The molecule has 0 radical (unpaired) electrons. The summed E-state index contributed by atoms with van der Waals surface area (Å²) in [5.74, 6) is -0.0803. The van der Waals surface area contributed by atoms with E-state index in [1.165, 1.54) is 0 Å². The number of hydrogen-bond acceptors (Lipinski definition) is 3. The van der Waals surface area contributed by atoms with Crippen molar-refractivity contribution in [3.05, 3.63) is 29.3 Å². The average molecular weight is 233 g/mol. The minimum absolute atomic E-state index is 0.0154. The number of likely N-dealkylation sites (N-methyl/N-ethyl adjacent to an activating group) is 1. The number of rotatable bonds is 3. The van der Waals surface area contributed by atoms with Crippen molar-refractivity contribution in [1.29, 1.82) is 0 Å². The maximum absolute atomic E-state index is 11.3. The molecule has 5 nitrogen and oxygen atoms in total. The van der Waals surface area contributed by atoms with E-state index in [2.05, 4.69) is 5.32 Å². The molecular weight excluding hydrogens is 218 g/mol. The molecule has 17 heavy (non-hydrogen) atoms. The lowest BCUT2D eigenvalue weighted by Gasteiger charge is -2.16. The molecule has 90 valence electrons. The third-order valence-corrected chi connectivity index (χ3v) is 2.81. The molecule has 3 N–H and O–H groups in total. The first-order chi connectivity index (χ1) is 8.10. The highest BCUT2D eigenvalue weighted by molar-refractivity contribution is 5.99. The molecule has 0 atom stereocenters. The minimum Gasteiger partial charge on any atom is -0.340 e. The maximum atomic E-state index is 11.3. The number of anilines is 1. The Balaban J connectivity index is 2.11. The van der Waals surface area contributed by atoms with Gasteiger partial charge in [-0.2, -0.15) is 0 Å². The van der Waals surface area contributed by atoms with Crippen LogP contribution in [0.5, 0.6) is 0 Å². The van der Waals surface area contributed by atoms with E-state index in [1.54, 1.807) is 11.9 Å². The van der Waals surface area contributed by atoms with E-state index < -0.39 is 0 Å². The van der Waals surface area contributed by atoms with Crippen LogP contribution in [0.1, 0.15) is 11.1 Å². The van der Waals surface area contributed by atoms with E-state index in [-0.39, 0.29) is 18.4 Å². The summed E-state index contributed by atoms with van der Waals surface area (Å²) >= 11 is 0. The summed E-state index contributed by atoms with van der Waals surface area (Å²) < 4.78 is 0. The summed E-state index contributed by atoms with van der Waals surface area (Å²) in [6.07, 6.45) is 0.414. The Morgan fingerprint density at radius 1 is 1.53 bits per heavy atom. The molecule has 1 aromatic carbocycles. The Hall–Kier alpha value is -1.88. The van der Waals surface area contributed by atoms with Gasteiger partial charge in [-0.1, -0.05) is 12.1 Å². The molecule has 1 aliphatic rings. The van der Waals surface area contributed by atoms with Crippen molar-refractivity contribution in [2.24, 2.45) is 5.73 Å². The first-order valence-electron chi connectivity index (χ1n) is 5.46. The van der Waals surface area contributed by atoms with Gasteiger partial charge in [0.05, 0.1) is 13.0 Å². The van der Waals surface area contributed by atoms with Gasteiger partial charge in [0.2, 0.25) is 11.8 Å². The molecule has 2 amide bonds. The monoisotopic (exact) mass is 233 g/mol. The number of nitrogens with one attached hydrogen (secondary N) is 1. The van der Waals surface area contributed by atoms with Crippen molar-refractivity contribution in [3.63, 3.8) is 0 Å². The zero-order chi connectivity index (χ0) is 12.4. The Bertz CT molecular complexity index is 471. The predicted octanol–water partition coefficient (Wildman–Crippen LogP) is 0.0983. The van der Waals surface area contributed by atoms with Crippen molar-refractivity contribution >= 4 is 17.5 Å². The molecule has 5 heteroatoms. The largest absolute Gasteiger partial charge is 0.340 e. The van der Waals surface area contributed by atoms with Crippen LogP contribution in [-0.4, -0.2) is 30.3 Å². The van der Waals surface area contributed by atoms with Crippen LogP contribution in [0.2, 0.25) is 0 Å². The Morgan fingerprint density at radius 3 is 3.00 bits per heavy atom. The summed E-state index contributed by atoms with van der Waals surface area (Å²) in [6.45, 7) is 0.527. The SMILES string of the molecule is CN(Cc1ccc2c(c1)CC(=O)N2)C(=O)CN. The molecule has 0 saturated heterocycles. The molecule has 0 bridgehead atoms. The lowest BCUT2D eigenvalue weighted by Crippen LogP contribution is -2.32. The second kappa shape index (κ2) is 4.55. The van der Waals surface area contributed by atoms with Gasteiger partial charge in [-0.05, 0) is 17.2 Å². The normalized spacial score (nSPS) is 13.2. The van der Waals surface area contributed by atoms with Crippen LogP contribution in [-0.2, 0) is 22.6 Å². The third kappa shape index (κ3) is 2.45. The number of hydrogen-bond donors (Lipinski definition) is 2. The van der Waals surface area contributed by atoms with Gasteiger partial charge in [0.1, 0.15) is 0 Å². The second-order valence-corrected chi connectivity index (χ2v) is 4.17. The molecule has 1 heterocycles. The average Bonchev–Trinajstić information content (AvgIpc) is 2.67. The minimum atomic E-state index is -0.0975. The highest BCUT2D eigenvalue weighted by Gasteiger charge is 2.18. The second-order valence-electron chi connectivity index (χ2n) is 4.17. The van der Waals surface area contributed by atoms with Crippen LogP contribution in [0.25, 0.3) is 0 Å². The molecule has 0 fully saturated rings. The van der Waals surface area contributed by atoms with Crippen LogP contribution in [0.3, 0.4) is 0 Å². The van der Waals surface area contributed by atoms with Crippen molar-refractivity contribution in [2.75, 3.05) is 18.9 Å². The van der Waals surface area contributed by atoms with Crippen LogP contribution >= 0.6 is 0 Å². The topological polar surface area (TPSA) is 75.4 Å². The van der Waals surface area contributed by atoms with Crippen molar-refractivity contribution < 1.29 is 9.59 Å². The number of fused-ring (bicyclic) bond motifs is 1. The first-order valence-corrected chi connectivity index (χ1v) is 5.46. The zero-order valence-electron chi connectivity index (χ0n) is 9.69. The smallest absolute Gasteiger partial charge is 0.236 e.